The van der Waals surface area contributed by atoms with E-state index in [1.807, 2.05) is 6.07 Å². The number of thioether (sulfide) groups is 1. The molecular formula is C25H25Cl2N5O3S2. The number of nitrogens with one attached hydrogen (secondary N) is 1. The van der Waals surface area contributed by atoms with Gasteiger partial charge in [-0.15, -0.1) is 0 Å². The molecule has 0 fully saturated rings. The number of rotatable bonds is 7. The van der Waals surface area contributed by atoms with Gasteiger partial charge in [0.05, 0.1) is 32.9 Å². The number of para-hydroxylation sites is 1. The number of fused-ring (bicyclic) bond motifs is 2. The summed E-state index contributed by atoms with van der Waals surface area (Å²) in [5.74, 6) is 0.729. The van der Waals surface area contributed by atoms with Crippen LogP contribution in [0.25, 0.3) is 0 Å². The highest BCUT2D eigenvalue weighted by Gasteiger charge is 2.30. The zero-order valence-electron chi connectivity index (χ0n) is 20.1. The Balaban J connectivity index is 1.26. The minimum Gasteiger partial charge on any atom is -0.324 e. The average molecular weight is 579 g/mol. The van der Waals surface area contributed by atoms with E-state index in [4.69, 9.17) is 23.2 Å². The second-order valence-corrected chi connectivity index (χ2v) is 13.1. The molecule has 0 bridgehead atoms. The van der Waals surface area contributed by atoms with Crippen molar-refractivity contribution >= 4 is 68.0 Å². The number of benzene rings is 2. The first-order chi connectivity index (χ1) is 17.7. The van der Waals surface area contributed by atoms with Gasteiger partial charge < -0.3 is 5.32 Å². The van der Waals surface area contributed by atoms with Crippen molar-refractivity contribution < 1.29 is 13.2 Å². The quantitative estimate of drug-likeness (QED) is 0.390. The lowest BCUT2D eigenvalue weighted by atomic mass is 9.99. The van der Waals surface area contributed by atoms with Crippen molar-refractivity contribution in [2.24, 2.45) is 0 Å². The zero-order valence-corrected chi connectivity index (χ0v) is 23.2. The van der Waals surface area contributed by atoms with Gasteiger partial charge >= 0.3 is 0 Å². The van der Waals surface area contributed by atoms with E-state index < -0.39 is 9.84 Å². The van der Waals surface area contributed by atoms with Crippen LogP contribution in [0.2, 0.25) is 10.0 Å². The molecule has 0 aliphatic carbocycles. The number of anilines is 3. The lowest BCUT2D eigenvalue weighted by Gasteiger charge is -2.29. The maximum absolute atomic E-state index is 13.2. The predicted octanol–water partition coefficient (Wildman–Crippen LogP) is 5.03. The Labute approximate surface area is 230 Å². The lowest BCUT2D eigenvalue weighted by Crippen LogP contribution is -2.35. The van der Waals surface area contributed by atoms with Crippen molar-refractivity contribution in [3.63, 3.8) is 0 Å². The molecule has 194 valence electrons. The standard InChI is InChI=1S/C25H25Cl2N5O3S2/c1-37(34,35)11-3-9-31-10-8-16-12-18(7-6-17(16)14-31)29-25-28-13-19-23(30-25)36-15-32(24(19)33)22-20(26)4-2-5-21(22)27/h2,4-7,12-13H,3,8-11,14-15H2,1H3,(H,28,29,30). The van der Waals surface area contributed by atoms with Crippen LogP contribution in [-0.2, 0) is 22.8 Å². The second kappa shape index (κ2) is 10.8. The largest absolute Gasteiger partial charge is 0.324 e. The highest BCUT2D eigenvalue weighted by molar-refractivity contribution is 7.99. The number of hydrogen-bond donors (Lipinski definition) is 1. The highest BCUT2D eigenvalue weighted by atomic mass is 35.5. The summed E-state index contributed by atoms with van der Waals surface area (Å²) in [7, 11) is -2.93. The smallest absolute Gasteiger partial charge is 0.263 e. The van der Waals surface area contributed by atoms with Gasteiger partial charge in [0.2, 0.25) is 5.95 Å². The van der Waals surface area contributed by atoms with Crippen LogP contribution >= 0.6 is 35.0 Å². The molecule has 37 heavy (non-hydrogen) atoms. The van der Waals surface area contributed by atoms with E-state index in [1.165, 1.54) is 35.3 Å². The molecule has 1 N–H and O–H groups in total. The molecule has 0 saturated heterocycles. The van der Waals surface area contributed by atoms with E-state index in [9.17, 15) is 13.2 Å². The first-order valence-electron chi connectivity index (χ1n) is 11.7. The number of halogens is 2. The van der Waals surface area contributed by atoms with Crippen LogP contribution < -0.4 is 10.2 Å². The van der Waals surface area contributed by atoms with Gasteiger partial charge in [0.25, 0.3) is 5.91 Å². The van der Waals surface area contributed by atoms with E-state index in [2.05, 4.69) is 32.3 Å². The minimum absolute atomic E-state index is 0.218. The molecule has 0 spiro atoms. The van der Waals surface area contributed by atoms with E-state index >= 15 is 0 Å². The molecule has 12 heteroatoms. The lowest BCUT2D eigenvalue weighted by molar-refractivity contribution is 0.0985. The SMILES string of the molecule is CS(=O)(=O)CCCN1CCc2cc(Nc3ncc4c(n3)SCN(c3c(Cl)cccc3Cl)C4=O)ccc2C1. The third kappa shape index (κ3) is 6.04. The van der Waals surface area contributed by atoms with Crippen molar-refractivity contribution in [1.29, 1.82) is 0 Å². The van der Waals surface area contributed by atoms with Crippen LogP contribution in [0.3, 0.4) is 0 Å². The number of nitrogens with zero attached hydrogens (tertiary/aromatic N) is 4. The van der Waals surface area contributed by atoms with Crippen molar-refractivity contribution in [3.8, 4) is 0 Å². The van der Waals surface area contributed by atoms with Crippen molar-refractivity contribution in [1.82, 2.24) is 14.9 Å². The fraction of sp³-hybridized carbons (Fsp3) is 0.320. The molecule has 8 nitrogen and oxygen atoms in total. The molecule has 0 saturated carbocycles. The summed E-state index contributed by atoms with van der Waals surface area (Å²) in [4.78, 5) is 26.0. The monoisotopic (exact) mass is 577 g/mol. The number of sulfone groups is 1. The zero-order chi connectivity index (χ0) is 26.2. The number of hydrogen-bond acceptors (Lipinski definition) is 8. The van der Waals surface area contributed by atoms with Gasteiger partial charge in [-0.1, -0.05) is 47.1 Å². The fourth-order valence-electron chi connectivity index (χ4n) is 4.49. The molecule has 2 aliphatic heterocycles. The van der Waals surface area contributed by atoms with E-state index in [0.717, 1.165) is 31.7 Å². The molecule has 2 aliphatic rings. The van der Waals surface area contributed by atoms with Gasteiger partial charge in [0, 0.05) is 31.2 Å². The summed E-state index contributed by atoms with van der Waals surface area (Å²) in [6.45, 7) is 2.46. The normalized spacial score (nSPS) is 15.9. The average Bonchev–Trinajstić information content (AvgIpc) is 2.84. The number of carbonyl (C=O) groups is 1. The van der Waals surface area contributed by atoms with Gasteiger partial charge in [-0.3, -0.25) is 14.6 Å². The number of aromatic nitrogens is 2. The van der Waals surface area contributed by atoms with Gasteiger partial charge in [-0.25, -0.2) is 18.4 Å². The molecular weight excluding hydrogens is 553 g/mol. The number of amides is 1. The molecule has 3 aromatic rings. The maximum atomic E-state index is 13.2. The topological polar surface area (TPSA) is 95.5 Å². The Kier molecular flexibility index (Phi) is 7.65. The number of carbonyl (C=O) groups excluding carboxylic acids is 1. The molecule has 1 aromatic heterocycles. The summed E-state index contributed by atoms with van der Waals surface area (Å²) >= 11 is 14.1. The first-order valence-corrected chi connectivity index (χ1v) is 15.5. The van der Waals surface area contributed by atoms with Gasteiger partial charge in [0.1, 0.15) is 14.9 Å². The van der Waals surface area contributed by atoms with Gasteiger partial charge in [0.15, 0.2) is 0 Å². The van der Waals surface area contributed by atoms with Crippen LogP contribution in [0.4, 0.5) is 17.3 Å². The van der Waals surface area contributed by atoms with Gasteiger partial charge in [-0.05, 0) is 54.8 Å². The molecule has 1 amide bonds. The Hall–Kier alpha value is -2.37. The molecule has 0 radical (unpaired) electrons. The third-order valence-corrected chi connectivity index (χ3v) is 8.92. The van der Waals surface area contributed by atoms with Crippen molar-refractivity contribution in [2.45, 2.75) is 24.4 Å². The van der Waals surface area contributed by atoms with Crippen LogP contribution in [0, 0.1) is 0 Å². The van der Waals surface area contributed by atoms with Crippen LogP contribution in [-0.4, -0.2) is 60.2 Å². The summed E-state index contributed by atoms with van der Waals surface area (Å²) in [6, 6.07) is 11.3. The fourth-order valence-corrected chi connectivity index (χ4v) is 6.68. The summed E-state index contributed by atoms with van der Waals surface area (Å²) < 4.78 is 22.8. The molecule has 0 unspecified atom stereocenters. The minimum atomic E-state index is -2.93. The molecule has 2 aromatic carbocycles. The molecule has 0 atom stereocenters. The Morgan fingerprint density at radius 1 is 1.14 bits per heavy atom. The second-order valence-electron chi connectivity index (χ2n) is 9.11. The highest BCUT2D eigenvalue weighted by Crippen LogP contribution is 2.39. The Bertz CT molecular complexity index is 1450. The Morgan fingerprint density at radius 2 is 1.92 bits per heavy atom. The summed E-state index contributed by atoms with van der Waals surface area (Å²) in [5.41, 5.74) is 4.25. The van der Waals surface area contributed by atoms with Crippen molar-refractivity contribution in [3.05, 3.63) is 69.3 Å². The van der Waals surface area contributed by atoms with E-state index in [0.29, 0.717) is 44.6 Å². The van der Waals surface area contributed by atoms with Crippen molar-refractivity contribution in [2.75, 3.05) is 41.2 Å². The molecule has 5 rings (SSSR count). The third-order valence-electron chi connectivity index (χ3n) is 6.31. The van der Waals surface area contributed by atoms with Crippen LogP contribution in [0.5, 0.6) is 0 Å². The van der Waals surface area contributed by atoms with E-state index in [1.54, 1.807) is 23.1 Å². The van der Waals surface area contributed by atoms with Gasteiger partial charge in [-0.2, -0.15) is 0 Å². The Morgan fingerprint density at radius 3 is 2.68 bits per heavy atom. The first kappa shape index (κ1) is 26.2. The summed E-state index contributed by atoms with van der Waals surface area (Å²) in [5, 5.41) is 4.68. The van der Waals surface area contributed by atoms with Crippen LogP contribution in [0.1, 0.15) is 27.9 Å². The van der Waals surface area contributed by atoms with E-state index in [-0.39, 0.29) is 11.7 Å². The summed E-state index contributed by atoms with van der Waals surface area (Å²) in [6.07, 6.45) is 4.34. The predicted molar refractivity (Wildman–Crippen MR) is 149 cm³/mol. The molecule has 3 heterocycles. The van der Waals surface area contributed by atoms with Crippen LogP contribution in [0.15, 0.2) is 47.6 Å². The maximum Gasteiger partial charge on any atom is 0.263 e.